The second-order valence-electron chi connectivity index (χ2n) is 5.31. The number of amides is 1. The predicted octanol–water partition coefficient (Wildman–Crippen LogP) is 1.63. The molecular formula is C14H11ClF2N4O3. The molecule has 1 amide bonds. The molecule has 1 aliphatic heterocycles. The smallest absolute Gasteiger partial charge is 0.328 e. The summed E-state index contributed by atoms with van der Waals surface area (Å²) in [5.74, 6) is -3.57. The molecule has 1 unspecified atom stereocenters. The number of carboxylic acid groups (broad SMARTS) is 1. The molecular weight excluding hydrogens is 346 g/mol. The molecule has 0 aliphatic carbocycles. The first-order chi connectivity index (χ1) is 11.3. The number of carbonyl (C=O) groups is 2. The molecule has 1 aromatic heterocycles. The molecule has 10 heteroatoms. The first kappa shape index (κ1) is 16.3. The average molecular weight is 357 g/mol. The third-order valence-electron chi connectivity index (χ3n) is 3.84. The van der Waals surface area contributed by atoms with Crippen LogP contribution in [-0.2, 0) is 17.9 Å². The lowest BCUT2D eigenvalue weighted by molar-refractivity contribution is -0.143. The van der Waals surface area contributed by atoms with E-state index in [-0.39, 0.29) is 23.7 Å². The van der Waals surface area contributed by atoms with E-state index in [9.17, 15) is 23.5 Å². The Kier molecular flexibility index (Phi) is 3.96. The minimum atomic E-state index is -1.24. The topological polar surface area (TPSA) is 88.3 Å². The van der Waals surface area contributed by atoms with Crippen LogP contribution < -0.4 is 0 Å². The lowest BCUT2D eigenvalue weighted by Gasteiger charge is -2.33. The summed E-state index contributed by atoms with van der Waals surface area (Å²) in [6.07, 6.45) is 0. The molecule has 1 aromatic carbocycles. The van der Waals surface area contributed by atoms with E-state index in [1.807, 2.05) is 0 Å². The van der Waals surface area contributed by atoms with E-state index in [4.69, 9.17) is 11.6 Å². The van der Waals surface area contributed by atoms with Gasteiger partial charge in [0.25, 0.3) is 5.91 Å². The number of halogens is 3. The molecule has 0 bridgehead atoms. The predicted molar refractivity (Wildman–Crippen MR) is 77.4 cm³/mol. The Hall–Kier alpha value is -2.55. The van der Waals surface area contributed by atoms with Gasteiger partial charge < -0.3 is 14.6 Å². The molecule has 3 rings (SSSR count). The Bertz CT molecular complexity index is 855. The van der Waals surface area contributed by atoms with Crippen LogP contribution in [0.4, 0.5) is 8.78 Å². The van der Waals surface area contributed by atoms with Crippen molar-refractivity contribution in [3.8, 4) is 0 Å². The van der Waals surface area contributed by atoms with Crippen LogP contribution in [0.25, 0.3) is 0 Å². The molecule has 1 aliphatic rings. The summed E-state index contributed by atoms with van der Waals surface area (Å²) >= 11 is 5.81. The minimum Gasteiger partial charge on any atom is -0.480 e. The number of aliphatic carboxylic acids is 1. The monoisotopic (exact) mass is 356 g/mol. The average Bonchev–Trinajstić information content (AvgIpc) is 2.89. The molecule has 1 atom stereocenters. The van der Waals surface area contributed by atoms with E-state index in [2.05, 4.69) is 10.2 Å². The van der Waals surface area contributed by atoms with Gasteiger partial charge in [-0.05, 0) is 19.1 Å². The van der Waals surface area contributed by atoms with Crippen molar-refractivity contribution in [1.82, 2.24) is 19.7 Å². The van der Waals surface area contributed by atoms with Crippen LogP contribution in [0.5, 0.6) is 0 Å². The van der Waals surface area contributed by atoms with Crippen molar-refractivity contribution in [2.24, 2.45) is 0 Å². The quantitative estimate of drug-likeness (QED) is 0.826. The summed E-state index contributed by atoms with van der Waals surface area (Å²) in [5.41, 5.74) is -0.313. The summed E-state index contributed by atoms with van der Waals surface area (Å²) < 4.78 is 28.2. The van der Waals surface area contributed by atoms with E-state index < -0.39 is 29.6 Å². The Labute approximate surface area is 139 Å². The van der Waals surface area contributed by atoms with Gasteiger partial charge in [-0.1, -0.05) is 11.6 Å². The Morgan fingerprint density at radius 3 is 2.62 bits per heavy atom. The van der Waals surface area contributed by atoms with Gasteiger partial charge in [-0.25, -0.2) is 13.6 Å². The number of carbonyl (C=O) groups excluding carboxylic acids is 1. The van der Waals surface area contributed by atoms with E-state index >= 15 is 0 Å². The fourth-order valence-electron chi connectivity index (χ4n) is 2.58. The molecule has 24 heavy (non-hydrogen) atoms. The third-order valence-corrected chi connectivity index (χ3v) is 4.15. The Morgan fingerprint density at radius 1 is 1.29 bits per heavy atom. The Morgan fingerprint density at radius 2 is 1.96 bits per heavy atom. The van der Waals surface area contributed by atoms with Crippen molar-refractivity contribution >= 4 is 23.5 Å². The van der Waals surface area contributed by atoms with E-state index in [1.54, 1.807) is 11.5 Å². The highest BCUT2D eigenvalue weighted by molar-refractivity contribution is 6.33. The van der Waals surface area contributed by atoms with Crippen LogP contribution in [0, 0.1) is 18.6 Å². The fraction of sp³-hybridized carbons (Fsp3) is 0.286. The first-order valence-corrected chi connectivity index (χ1v) is 7.24. The fourth-order valence-corrected chi connectivity index (χ4v) is 2.81. The standard InChI is InChI=1S/C14H11ClF2N4O3/c1-6-18-19-12-5-21(11(14(23)24)4-20(6)12)13(22)7-2-9(16)10(17)3-8(7)15/h2-3,11H,4-5H2,1H3,(H,23,24). The maximum atomic E-state index is 13.4. The molecule has 0 radical (unpaired) electrons. The van der Waals surface area contributed by atoms with Crippen molar-refractivity contribution in [3.63, 3.8) is 0 Å². The summed E-state index contributed by atoms with van der Waals surface area (Å²) in [4.78, 5) is 25.2. The van der Waals surface area contributed by atoms with E-state index in [0.717, 1.165) is 4.90 Å². The highest BCUT2D eigenvalue weighted by Gasteiger charge is 2.37. The molecule has 0 saturated carbocycles. The normalized spacial score (nSPS) is 16.8. The maximum absolute atomic E-state index is 13.4. The highest BCUT2D eigenvalue weighted by atomic mass is 35.5. The number of nitrogens with zero attached hydrogens (tertiary/aromatic N) is 4. The zero-order chi connectivity index (χ0) is 17.6. The molecule has 0 fully saturated rings. The Balaban J connectivity index is 2.02. The summed E-state index contributed by atoms with van der Waals surface area (Å²) in [6, 6.07) is 0.129. The second-order valence-corrected chi connectivity index (χ2v) is 5.71. The first-order valence-electron chi connectivity index (χ1n) is 6.86. The van der Waals surface area contributed by atoms with Crippen molar-refractivity contribution in [2.75, 3.05) is 0 Å². The largest absolute Gasteiger partial charge is 0.480 e. The van der Waals surface area contributed by atoms with Gasteiger partial charge in [-0.15, -0.1) is 10.2 Å². The molecule has 0 saturated heterocycles. The lowest BCUT2D eigenvalue weighted by atomic mass is 10.1. The highest BCUT2D eigenvalue weighted by Crippen LogP contribution is 2.25. The van der Waals surface area contributed by atoms with Gasteiger partial charge in [0.1, 0.15) is 11.9 Å². The number of carboxylic acids is 1. The molecule has 0 spiro atoms. The van der Waals surface area contributed by atoms with Crippen LogP contribution >= 0.6 is 11.6 Å². The van der Waals surface area contributed by atoms with Crippen molar-refractivity contribution in [2.45, 2.75) is 26.1 Å². The summed E-state index contributed by atoms with van der Waals surface area (Å²) in [7, 11) is 0. The van der Waals surface area contributed by atoms with E-state index in [0.29, 0.717) is 23.8 Å². The molecule has 2 heterocycles. The number of rotatable bonds is 2. The van der Waals surface area contributed by atoms with Crippen molar-refractivity contribution < 1.29 is 23.5 Å². The van der Waals surface area contributed by atoms with Gasteiger partial charge in [-0.3, -0.25) is 4.79 Å². The SMILES string of the molecule is Cc1nnc2n1CC(C(=O)O)N(C(=O)c1cc(F)c(F)cc1Cl)C2. The van der Waals surface area contributed by atoms with Crippen LogP contribution in [0.2, 0.25) is 5.02 Å². The van der Waals surface area contributed by atoms with E-state index in [1.165, 1.54) is 0 Å². The van der Waals surface area contributed by atoms with Crippen molar-refractivity contribution in [3.05, 3.63) is 46.0 Å². The number of benzene rings is 1. The second kappa shape index (κ2) is 5.82. The molecule has 2 aromatic rings. The van der Waals surface area contributed by atoms with Gasteiger partial charge in [0.2, 0.25) is 0 Å². The van der Waals surface area contributed by atoms with Crippen LogP contribution in [0.15, 0.2) is 12.1 Å². The van der Waals surface area contributed by atoms with Crippen LogP contribution in [0.3, 0.4) is 0 Å². The lowest BCUT2D eigenvalue weighted by Crippen LogP contribution is -2.50. The van der Waals surface area contributed by atoms with Gasteiger partial charge in [0, 0.05) is 0 Å². The van der Waals surface area contributed by atoms with Gasteiger partial charge in [0.15, 0.2) is 17.5 Å². The number of aryl methyl sites for hydroxylation is 1. The third kappa shape index (κ3) is 2.60. The number of hydrogen-bond acceptors (Lipinski definition) is 4. The van der Waals surface area contributed by atoms with Crippen LogP contribution in [0.1, 0.15) is 22.0 Å². The zero-order valence-corrected chi connectivity index (χ0v) is 13.1. The molecule has 1 N–H and O–H groups in total. The summed E-state index contributed by atoms with van der Waals surface area (Å²) in [5, 5.41) is 16.8. The molecule has 7 nitrogen and oxygen atoms in total. The zero-order valence-electron chi connectivity index (χ0n) is 12.3. The van der Waals surface area contributed by atoms with Gasteiger partial charge >= 0.3 is 5.97 Å². The van der Waals surface area contributed by atoms with Gasteiger partial charge in [-0.2, -0.15) is 0 Å². The number of fused-ring (bicyclic) bond motifs is 1. The maximum Gasteiger partial charge on any atom is 0.328 e. The van der Waals surface area contributed by atoms with Crippen LogP contribution in [-0.4, -0.2) is 42.7 Å². The summed E-state index contributed by atoms with van der Waals surface area (Å²) in [6.45, 7) is 1.49. The number of hydrogen-bond donors (Lipinski definition) is 1. The number of aromatic nitrogens is 3. The molecule has 126 valence electrons. The minimum absolute atomic E-state index is 0.0451. The van der Waals surface area contributed by atoms with Gasteiger partial charge in [0.05, 0.1) is 23.7 Å². The van der Waals surface area contributed by atoms with Crippen molar-refractivity contribution in [1.29, 1.82) is 0 Å².